The monoisotopic (exact) mass is 336 g/mol. The number of guanidine groups is 1. The molecule has 124 valence electrons. The minimum absolute atomic E-state index is 0.125. The van der Waals surface area contributed by atoms with Crippen molar-refractivity contribution in [3.8, 4) is 0 Å². The summed E-state index contributed by atoms with van der Waals surface area (Å²) in [6, 6.07) is 0. The van der Waals surface area contributed by atoms with Gasteiger partial charge in [-0.15, -0.1) is 0 Å². The summed E-state index contributed by atoms with van der Waals surface area (Å²) in [5, 5.41) is 6.56. The van der Waals surface area contributed by atoms with Crippen LogP contribution in [0.2, 0.25) is 0 Å². The number of sulfonamides is 1. The number of nitrogens with one attached hydrogen (secondary N) is 3. The molecule has 0 aliphatic carbocycles. The second kappa shape index (κ2) is 8.85. The van der Waals surface area contributed by atoms with Gasteiger partial charge in [-0.25, -0.2) is 13.1 Å². The van der Waals surface area contributed by atoms with Crippen LogP contribution in [-0.2, 0) is 10.0 Å². The molecule has 1 heterocycles. The summed E-state index contributed by atoms with van der Waals surface area (Å²) in [5.41, 5.74) is 0. The second-order valence-corrected chi connectivity index (χ2v) is 9.18. The van der Waals surface area contributed by atoms with Gasteiger partial charge in [0, 0.05) is 31.4 Å². The zero-order valence-electron chi connectivity index (χ0n) is 13.2. The lowest BCUT2D eigenvalue weighted by Crippen LogP contribution is -2.44. The van der Waals surface area contributed by atoms with Crippen molar-refractivity contribution >= 4 is 27.7 Å². The molecule has 0 aromatic rings. The van der Waals surface area contributed by atoms with Crippen LogP contribution in [0, 0.1) is 0 Å². The van der Waals surface area contributed by atoms with Gasteiger partial charge in [-0.1, -0.05) is 0 Å². The molecule has 0 aromatic carbocycles. The fourth-order valence-electron chi connectivity index (χ4n) is 2.09. The van der Waals surface area contributed by atoms with Gasteiger partial charge in [0.2, 0.25) is 10.0 Å². The average molecular weight is 337 g/mol. The van der Waals surface area contributed by atoms with Crippen LogP contribution < -0.4 is 15.4 Å². The third kappa shape index (κ3) is 7.37. The van der Waals surface area contributed by atoms with E-state index in [4.69, 9.17) is 0 Å². The molecule has 0 bridgehead atoms. The van der Waals surface area contributed by atoms with Crippen LogP contribution in [0.15, 0.2) is 4.99 Å². The lowest BCUT2D eigenvalue weighted by molar-refractivity contribution is 0.576. The van der Waals surface area contributed by atoms with Crippen molar-refractivity contribution in [1.29, 1.82) is 0 Å². The number of aliphatic imine (C=N–C) groups is 1. The van der Waals surface area contributed by atoms with Crippen LogP contribution in [-0.4, -0.2) is 57.3 Å². The highest BCUT2D eigenvalue weighted by molar-refractivity contribution is 8.00. The highest BCUT2D eigenvalue weighted by atomic mass is 32.2. The summed E-state index contributed by atoms with van der Waals surface area (Å²) in [5.74, 6) is 2.14. The van der Waals surface area contributed by atoms with Crippen LogP contribution in [0.5, 0.6) is 0 Å². The van der Waals surface area contributed by atoms with Gasteiger partial charge in [0.05, 0.1) is 5.75 Å². The van der Waals surface area contributed by atoms with Gasteiger partial charge in [0.1, 0.15) is 0 Å². The predicted molar refractivity (Wildman–Crippen MR) is 91.5 cm³/mol. The Morgan fingerprint density at radius 2 is 2.10 bits per heavy atom. The van der Waals surface area contributed by atoms with Gasteiger partial charge in [-0.3, -0.25) is 4.99 Å². The molecule has 1 rings (SSSR count). The summed E-state index contributed by atoms with van der Waals surface area (Å²) in [4.78, 5) is 4.19. The van der Waals surface area contributed by atoms with E-state index in [9.17, 15) is 8.42 Å². The molecule has 0 amide bonds. The lowest BCUT2D eigenvalue weighted by Gasteiger charge is -2.24. The molecule has 1 atom stereocenters. The summed E-state index contributed by atoms with van der Waals surface area (Å²) in [6.45, 7) is 5.96. The normalized spacial score (nSPS) is 23.3. The molecule has 1 aliphatic heterocycles. The number of rotatable bonds is 8. The fraction of sp³-hybridized carbons (Fsp3) is 0.923. The topological polar surface area (TPSA) is 82.6 Å². The summed E-state index contributed by atoms with van der Waals surface area (Å²) >= 11 is 2.01. The third-order valence-corrected chi connectivity index (χ3v) is 6.44. The molecular weight excluding hydrogens is 308 g/mol. The van der Waals surface area contributed by atoms with Gasteiger partial charge in [0.15, 0.2) is 5.96 Å². The van der Waals surface area contributed by atoms with Crippen molar-refractivity contribution in [2.24, 2.45) is 4.99 Å². The van der Waals surface area contributed by atoms with E-state index in [-0.39, 0.29) is 5.75 Å². The maximum Gasteiger partial charge on any atom is 0.211 e. The zero-order chi connectivity index (χ0) is 15.8. The molecule has 6 nitrogen and oxygen atoms in total. The largest absolute Gasteiger partial charge is 0.356 e. The minimum Gasteiger partial charge on any atom is -0.356 e. The Bertz CT molecular complexity index is 431. The number of hydrogen-bond acceptors (Lipinski definition) is 4. The first-order chi connectivity index (χ1) is 9.91. The molecule has 21 heavy (non-hydrogen) atoms. The van der Waals surface area contributed by atoms with Gasteiger partial charge >= 0.3 is 0 Å². The number of nitrogens with zero attached hydrogens (tertiary/aromatic N) is 1. The van der Waals surface area contributed by atoms with Gasteiger partial charge in [0.25, 0.3) is 0 Å². The Kier molecular flexibility index (Phi) is 7.83. The van der Waals surface area contributed by atoms with Crippen LogP contribution in [0.25, 0.3) is 0 Å². The van der Waals surface area contributed by atoms with E-state index in [1.54, 1.807) is 14.0 Å². The van der Waals surface area contributed by atoms with E-state index < -0.39 is 10.0 Å². The number of thioether (sulfide) groups is 1. The molecule has 0 spiro atoms. The first-order valence-electron chi connectivity index (χ1n) is 7.46. The van der Waals surface area contributed by atoms with E-state index in [1.165, 1.54) is 18.6 Å². The summed E-state index contributed by atoms with van der Waals surface area (Å²) in [6.07, 6.45) is 3.25. The van der Waals surface area contributed by atoms with Gasteiger partial charge < -0.3 is 10.6 Å². The molecule has 1 aliphatic rings. The van der Waals surface area contributed by atoms with E-state index in [1.807, 2.05) is 11.8 Å². The van der Waals surface area contributed by atoms with Crippen LogP contribution in [0.4, 0.5) is 0 Å². The van der Waals surface area contributed by atoms with Crippen molar-refractivity contribution in [2.75, 3.05) is 38.2 Å². The molecule has 3 N–H and O–H groups in total. The highest BCUT2D eigenvalue weighted by Crippen LogP contribution is 2.36. The van der Waals surface area contributed by atoms with E-state index >= 15 is 0 Å². The Morgan fingerprint density at radius 1 is 1.33 bits per heavy atom. The van der Waals surface area contributed by atoms with Crippen molar-refractivity contribution < 1.29 is 8.42 Å². The molecule has 1 saturated heterocycles. The van der Waals surface area contributed by atoms with Gasteiger partial charge in [-0.05, 0) is 38.9 Å². The smallest absolute Gasteiger partial charge is 0.211 e. The van der Waals surface area contributed by atoms with E-state index in [2.05, 4.69) is 27.3 Å². The first-order valence-corrected chi connectivity index (χ1v) is 10.1. The van der Waals surface area contributed by atoms with Crippen LogP contribution in [0.3, 0.4) is 0 Å². The Labute approximate surface area is 133 Å². The SMILES string of the molecule is CCS(=O)(=O)NCCCNC(=NC)NCC1(C)CCCS1. The Morgan fingerprint density at radius 3 is 2.67 bits per heavy atom. The lowest BCUT2D eigenvalue weighted by atomic mass is 10.1. The third-order valence-electron chi connectivity index (χ3n) is 3.50. The molecular formula is C13H28N4O2S2. The Balaban J connectivity index is 2.17. The molecule has 8 heteroatoms. The van der Waals surface area contributed by atoms with Crippen molar-refractivity contribution in [2.45, 2.75) is 37.9 Å². The molecule has 1 fully saturated rings. The quantitative estimate of drug-likeness (QED) is 0.346. The van der Waals surface area contributed by atoms with E-state index in [0.29, 0.717) is 17.8 Å². The maximum atomic E-state index is 11.3. The van der Waals surface area contributed by atoms with Crippen molar-refractivity contribution in [3.63, 3.8) is 0 Å². The Hall–Kier alpha value is -0.470. The van der Waals surface area contributed by atoms with Gasteiger partial charge in [-0.2, -0.15) is 11.8 Å². The average Bonchev–Trinajstić information content (AvgIpc) is 2.89. The zero-order valence-corrected chi connectivity index (χ0v) is 14.9. The maximum absolute atomic E-state index is 11.3. The number of hydrogen-bond donors (Lipinski definition) is 3. The highest BCUT2D eigenvalue weighted by Gasteiger charge is 2.29. The molecule has 0 aromatic heterocycles. The van der Waals surface area contributed by atoms with Crippen LogP contribution >= 0.6 is 11.8 Å². The van der Waals surface area contributed by atoms with Crippen LogP contribution in [0.1, 0.15) is 33.1 Å². The molecule has 0 radical (unpaired) electrons. The summed E-state index contributed by atoms with van der Waals surface area (Å²) in [7, 11) is -1.33. The minimum atomic E-state index is -3.08. The standard InChI is InChI=1S/C13H28N4O2S2/c1-4-21(18,19)17-9-6-8-15-12(14-3)16-11-13(2)7-5-10-20-13/h17H,4-11H2,1-3H3,(H2,14,15,16). The van der Waals surface area contributed by atoms with E-state index in [0.717, 1.165) is 18.9 Å². The van der Waals surface area contributed by atoms with Crippen molar-refractivity contribution in [1.82, 2.24) is 15.4 Å². The summed E-state index contributed by atoms with van der Waals surface area (Å²) < 4.78 is 25.4. The van der Waals surface area contributed by atoms with Crippen molar-refractivity contribution in [3.05, 3.63) is 0 Å². The molecule has 0 saturated carbocycles. The predicted octanol–water partition coefficient (Wildman–Crippen LogP) is 0.767. The fourth-order valence-corrected chi connectivity index (χ4v) is 4.00. The first kappa shape index (κ1) is 18.6. The second-order valence-electron chi connectivity index (χ2n) is 5.41. The molecule has 1 unspecified atom stereocenters.